The summed E-state index contributed by atoms with van der Waals surface area (Å²) < 4.78 is 6.10. The number of benzene rings is 1. The maximum Gasteiger partial charge on any atom is 0.229 e. The van der Waals surface area contributed by atoms with Gasteiger partial charge in [0.25, 0.3) is 0 Å². The van der Waals surface area contributed by atoms with Crippen LogP contribution in [0.3, 0.4) is 0 Å². The van der Waals surface area contributed by atoms with Crippen molar-refractivity contribution in [2.75, 3.05) is 13.2 Å². The van der Waals surface area contributed by atoms with Crippen molar-refractivity contribution in [1.82, 2.24) is 4.90 Å². The van der Waals surface area contributed by atoms with Crippen LogP contribution in [0.2, 0.25) is 5.02 Å². The van der Waals surface area contributed by atoms with Crippen molar-refractivity contribution in [1.29, 1.82) is 0 Å². The lowest BCUT2D eigenvalue weighted by Gasteiger charge is -2.50. The maximum atomic E-state index is 13.8. The molecule has 2 aliphatic heterocycles. The van der Waals surface area contributed by atoms with Gasteiger partial charge >= 0.3 is 0 Å². The van der Waals surface area contributed by atoms with Crippen LogP contribution in [0.15, 0.2) is 24.3 Å². The van der Waals surface area contributed by atoms with Crippen LogP contribution in [0.1, 0.15) is 70.4 Å². The summed E-state index contributed by atoms with van der Waals surface area (Å²) in [5.41, 5.74) is 0.398. The van der Waals surface area contributed by atoms with E-state index in [0.29, 0.717) is 11.4 Å². The van der Waals surface area contributed by atoms with E-state index in [-0.39, 0.29) is 37.1 Å². The minimum Gasteiger partial charge on any atom is -0.394 e. The second-order valence-corrected chi connectivity index (χ2v) is 9.24. The third kappa shape index (κ3) is 4.96. The number of piperidine rings is 1. The number of hydrogen-bond acceptors (Lipinski definition) is 4. The van der Waals surface area contributed by atoms with Crippen molar-refractivity contribution in [3.63, 3.8) is 0 Å². The third-order valence-corrected chi connectivity index (χ3v) is 6.88. The van der Waals surface area contributed by atoms with Crippen LogP contribution in [-0.2, 0) is 9.53 Å². The van der Waals surface area contributed by atoms with Gasteiger partial charge in [-0.1, -0.05) is 37.6 Å². The summed E-state index contributed by atoms with van der Waals surface area (Å²) in [6, 6.07) is 7.73. The number of carbonyl (C=O) groups is 1. The second kappa shape index (κ2) is 9.78. The number of likely N-dealkylation sites (tertiary alicyclic amines) is 1. The van der Waals surface area contributed by atoms with Crippen molar-refractivity contribution in [2.24, 2.45) is 5.41 Å². The highest BCUT2D eigenvalue weighted by molar-refractivity contribution is 6.30. The average molecular weight is 424 g/mol. The van der Waals surface area contributed by atoms with Gasteiger partial charge in [-0.25, -0.2) is 0 Å². The molecular formula is C23H34ClNO4. The normalized spacial score (nSPS) is 30.2. The first-order valence-electron chi connectivity index (χ1n) is 10.9. The lowest BCUT2D eigenvalue weighted by molar-refractivity contribution is -0.162. The zero-order valence-corrected chi connectivity index (χ0v) is 18.3. The summed E-state index contributed by atoms with van der Waals surface area (Å²) in [7, 11) is 0. The highest BCUT2D eigenvalue weighted by Gasteiger charge is 2.48. The third-order valence-electron chi connectivity index (χ3n) is 6.63. The van der Waals surface area contributed by atoms with Crippen molar-refractivity contribution in [2.45, 2.75) is 83.1 Å². The van der Waals surface area contributed by atoms with E-state index in [0.717, 1.165) is 44.3 Å². The van der Waals surface area contributed by atoms with Gasteiger partial charge in [0.2, 0.25) is 5.91 Å². The first-order chi connectivity index (χ1) is 13.9. The molecule has 162 valence electrons. The van der Waals surface area contributed by atoms with E-state index in [9.17, 15) is 15.0 Å². The van der Waals surface area contributed by atoms with E-state index in [2.05, 4.69) is 6.92 Å². The molecule has 5 unspecified atom stereocenters. The number of nitrogens with zero attached hydrogens (tertiary/aromatic N) is 1. The van der Waals surface area contributed by atoms with Gasteiger partial charge < -0.3 is 19.8 Å². The Hall–Kier alpha value is -1.14. The molecule has 1 amide bonds. The van der Waals surface area contributed by atoms with E-state index in [1.165, 1.54) is 0 Å². The van der Waals surface area contributed by atoms with Gasteiger partial charge in [0.05, 0.1) is 30.9 Å². The first-order valence-corrected chi connectivity index (χ1v) is 11.3. The fourth-order valence-electron chi connectivity index (χ4n) is 5.03. The van der Waals surface area contributed by atoms with Gasteiger partial charge in [-0.3, -0.25) is 4.79 Å². The maximum absolute atomic E-state index is 13.8. The molecule has 0 aromatic heterocycles. The zero-order valence-electron chi connectivity index (χ0n) is 17.5. The SMILES string of the molecule is CCC(C1CCCCO1)N1C(=O)C(C)(CC(O)CO)CCC1c1ccc(Cl)cc1. The second-order valence-electron chi connectivity index (χ2n) is 8.80. The first kappa shape index (κ1) is 22.5. The molecule has 0 saturated carbocycles. The molecule has 2 heterocycles. The predicted octanol–water partition coefficient (Wildman–Crippen LogP) is 4.10. The fourth-order valence-corrected chi connectivity index (χ4v) is 5.16. The molecular weight excluding hydrogens is 390 g/mol. The van der Waals surface area contributed by atoms with E-state index < -0.39 is 11.5 Å². The van der Waals surface area contributed by atoms with E-state index in [1.54, 1.807) is 0 Å². The molecule has 0 aliphatic carbocycles. The van der Waals surface area contributed by atoms with Gasteiger partial charge in [0, 0.05) is 17.0 Å². The molecule has 0 radical (unpaired) electrons. The highest BCUT2D eigenvalue weighted by Crippen LogP contribution is 2.45. The molecule has 5 nitrogen and oxygen atoms in total. The lowest BCUT2D eigenvalue weighted by Crippen LogP contribution is -2.57. The molecule has 1 aromatic rings. The van der Waals surface area contributed by atoms with E-state index in [4.69, 9.17) is 16.3 Å². The van der Waals surface area contributed by atoms with Crippen molar-refractivity contribution in [3.05, 3.63) is 34.9 Å². The van der Waals surface area contributed by atoms with Crippen LogP contribution in [0.5, 0.6) is 0 Å². The molecule has 6 heteroatoms. The molecule has 0 spiro atoms. The largest absolute Gasteiger partial charge is 0.394 e. The Morgan fingerprint density at radius 2 is 2.00 bits per heavy atom. The van der Waals surface area contributed by atoms with Crippen molar-refractivity contribution in [3.8, 4) is 0 Å². The van der Waals surface area contributed by atoms with Crippen LogP contribution < -0.4 is 0 Å². The van der Waals surface area contributed by atoms with E-state index >= 15 is 0 Å². The Labute approximate surface area is 179 Å². The predicted molar refractivity (Wildman–Crippen MR) is 114 cm³/mol. The Morgan fingerprint density at radius 1 is 1.28 bits per heavy atom. The zero-order chi connectivity index (χ0) is 21.0. The fraction of sp³-hybridized carbons (Fsp3) is 0.696. The number of hydrogen-bond donors (Lipinski definition) is 2. The smallest absolute Gasteiger partial charge is 0.229 e. The summed E-state index contributed by atoms with van der Waals surface area (Å²) in [5, 5.41) is 20.1. The highest BCUT2D eigenvalue weighted by atomic mass is 35.5. The molecule has 0 bridgehead atoms. The monoisotopic (exact) mass is 423 g/mol. The van der Waals surface area contributed by atoms with Gasteiger partial charge in [-0.15, -0.1) is 0 Å². The number of aliphatic hydroxyl groups is 2. The average Bonchev–Trinajstić information content (AvgIpc) is 2.73. The van der Waals surface area contributed by atoms with Gasteiger partial charge in [-0.05, 0) is 62.6 Å². The molecule has 2 N–H and O–H groups in total. The quantitative estimate of drug-likeness (QED) is 0.692. The lowest BCUT2D eigenvalue weighted by atomic mass is 9.72. The van der Waals surface area contributed by atoms with Crippen molar-refractivity contribution >= 4 is 17.5 Å². The Bertz CT molecular complexity index is 676. The van der Waals surface area contributed by atoms with Crippen molar-refractivity contribution < 1.29 is 19.7 Å². The number of aliphatic hydroxyl groups excluding tert-OH is 2. The molecule has 29 heavy (non-hydrogen) atoms. The van der Waals surface area contributed by atoms with Crippen LogP contribution in [0.4, 0.5) is 0 Å². The van der Waals surface area contributed by atoms with Crippen LogP contribution in [-0.4, -0.2) is 52.5 Å². The summed E-state index contributed by atoms with van der Waals surface area (Å²) in [6.45, 7) is 4.46. The number of rotatable bonds is 7. The molecule has 2 fully saturated rings. The Balaban J connectivity index is 1.95. The van der Waals surface area contributed by atoms with Crippen LogP contribution >= 0.6 is 11.6 Å². The number of ether oxygens (including phenoxy) is 1. The minimum atomic E-state index is -0.885. The summed E-state index contributed by atoms with van der Waals surface area (Å²) in [4.78, 5) is 15.9. The van der Waals surface area contributed by atoms with Gasteiger partial charge in [-0.2, -0.15) is 0 Å². The standard InChI is InChI=1S/C23H34ClNO4/c1-3-19(21-6-4-5-13-29-21)25-20(16-7-9-17(24)10-8-16)11-12-23(2,22(25)28)14-18(27)15-26/h7-10,18-21,26-27H,3-6,11-15H2,1-2H3. The summed E-state index contributed by atoms with van der Waals surface area (Å²) in [5.74, 6) is 0.0530. The number of carbonyl (C=O) groups excluding carboxylic acids is 1. The van der Waals surface area contributed by atoms with Crippen LogP contribution in [0, 0.1) is 5.41 Å². The van der Waals surface area contributed by atoms with E-state index in [1.807, 2.05) is 36.1 Å². The molecule has 3 rings (SSSR count). The summed E-state index contributed by atoms with van der Waals surface area (Å²) >= 11 is 6.09. The Morgan fingerprint density at radius 3 is 2.59 bits per heavy atom. The Kier molecular flexibility index (Phi) is 7.60. The minimum absolute atomic E-state index is 0.00521. The van der Waals surface area contributed by atoms with Crippen LogP contribution in [0.25, 0.3) is 0 Å². The van der Waals surface area contributed by atoms with Gasteiger partial charge in [0.15, 0.2) is 0 Å². The molecule has 2 saturated heterocycles. The van der Waals surface area contributed by atoms with Gasteiger partial charge in [0.1, 0.15) is 0 Å². The molecule has 2 aliphatic rings. The molecule has 1 aromatic carbocycles. The number of amides is 1. The molecule has 5 atom stereocenters. The number of halogens is 1. The topological polar surface area (TPSA) is 70.0 Å². The summed E-state index contributed by atoms with van der Waals surface area (Å²) in [6.07, 6.45) is 4.89.